The van der Waals surface area contributed by atoms with Gasteiger partial charge in [0.25, 0.3) is 0 Å². The first-order valence-corrected chi connectivity index (χ1v) is 4.98. The molecule has 1 rings (SSSR count). The molecule has 0 saturated carbocycles. The summed E-state index contributed by atoms with van der Waals surface area (Å²) in [6.07, 6.45) is 3.04. The Labute approximate surface area is 92.1 Å². The number of hydrogen-bond acceptors (Lipinski definition) is 4. The number of hydrogen-bond donors (Lipinski definition) is 0. The summed E-state index contributed by atoms with van der Waals surface area (Å²) >= 11 is 0. The lowest BCUT2D eigenvalue weighted by atomic mass is 10.4. The average Bonchev–Trinajstić information content (AvgIpc) is 2.25. The number of ether oxygens (including phenoxy) is 1. The molecule has 6 heteroatoms. The molecule has 1 aromatic rings. The van der Waals surface area contributed by atoms with E-state index in [-0.39, 0.29) is 18.9 Å². The van der Waals surface area contributed by atoms with Crippen molar-refractivity contribution in [3.05, 3.63) is 33.1 Å². The topological polar surface area (TPSA) is 70.3 Å². The lowest BCUT2D eigenvalue weighted by Gasteiger charge is -2.05. The highest BCUT2D eigenvalue weighted by molar-refractivity contribution is 5.69. The molecule has 0 aliphatic carbocycles. The normalized spacial score (nSPS) is 10.1. The van der Waals surface area contributed by atoms with Gasteiger partial charge in [-0.1, -0.05) is 0 Å². The molecule has 0 aliphatic rings. The molecule has 1 heterocycles. The van der Waals surface area contributed by atoms with Gasteiger partial charge in [-0.05, 0) is 6.92 Å². The van der Waals surface area contributed by atoms with Crippen molar-refractivity contribution < 1.29 is 9.53 Å². The average molecular weight is 226 g/mol. The standard InChI is InChI=1S/C10H14N2O4/c1-3-16-8(13)4-5-12-7-6-11(2)9(14)10(12)15/h6-7H,3-5H2,1-2H3. The van der Waals surface area contributed by atoms with E-state index in [2.05, 4.69) is 0 Å². The lowest BCUT2D eigenvalue weighted by molar-refractivity contribution is -0.143. The Hall–Kier alpha value is -1.85. The van der Waals surface area contributed by atoms with Gasteiger partial charge in [-0.25, -0.2) is 0 Å². The van der Waals surface area contributed by atoms with E-state index in [1.165, 1.54) is 28.6 Å². The summed E-state index contributed by atoms with van der Waals surface area (Å²) in [6, 6.07) is 0. The molecule has 0 fully saturated rings. The first-order valence-electron chi connectivity index (χ1n) is 4.98. The SMILES string of the molecule is CCOC(=O)CCn1ccn(C)c(=O)c1=O. The molecular weight excluding hydrogens is 212 g/mol. The number of carbonyl (C=O) groups excluding carboxylic acids is 1. The summed E-state index contributed by atoms with van der Waals surface area (Å²) < 4.78 is 7.13. The van der Waals surface area contributed by atoms with Crippen molar-refractivity contribution in [3.63, 3.8) is 0 Å². The zero-order valence-electron chi connectivity index (χ0n) is 9.30. The third-order valence-corrected chi connectivity index (χ3v) is 2.10. The molecule has 0 bridgehead atoms. The van der Waals surface area contributed by atoms with Gasteiger partial charge in [-0.3, -0.25) is 14.4 Å². The predicted molar refractivity (Wildman–Crippen MR) is 57.2 cm³/mol. The molecule has 0 aromatic carbocycles. The highest BCUT2D eigenvalue weighted by atomic mass is 16.5. The van der Waals surface area contributed by atoms with Crippen molar-refractivity contribution in [1.29, 1.82) is 0 Å². The fourth-order valence-corrected chi connectivity index (χ4v) is 1.21. The van der Waals surface area contributed by atoms with Crippen molar-refractivity contribution in [2.24, 2.45) is 7.05 Å². The van der Waals surface area contributed by atoms with E-state index in [1.54, 1.807) is 6.92 Å². The van der Waals surface area contributed by atoms with E-state index in [1.807, 2.05) is 0 Å². The number of nitrogens with zero attached hydrogens (tertiary/aromatic N) is 2. The summed E-state index contributed by atoms with van der Waals surface area (Å²) in [4.78, 5) is 33.8. The summed E-state index contributed by atoms with van der Waals surface area (Å²) in [5.74, 6) is -0.380. The summed E-state index contributed by atoms with van der Waals surface area (Å²) in [6.45, 7) is 2.18. The van der Waals surface area contributed by atoms with E-state index >= 15 is 0 Å². The third kappa shape index (κ3) is 2.82. The molecule has 0 atom stereocenters. The van der Waals surface area contributed by atoms with Crippen LogP contribution in [0.2, 0.25) is 0 Å². The molecule has 0 aliphatic heterocycles. The molecule has 1 aromatic heterocycles. The first-order chi connectivity index (χ1) is 7.56. The van der Waals surface area contributed by atoms with Crippen LogP contribution >= 0.6 is 0 Å². The fraction of sp³-hybridized carbons (Fsp3) is 0.500. The Morgan fingerprint density at radius 1 is 1.31 bits per heavy atom. The first kappa shape index (κ1) is 12.2. The Balaban J connectivity index is 2.76. The summed E-state index contributed by atoms with van der Waals surface area (Å²) in [7, 11) is 1.50. The highest BCUT2D eigenvalue weighted by Crippen LogP contribution is 1.89. The number of aryl methyl sites for hydroxylation is 2. The number of aromatic nitrogens is 2. The van der Waals surface area contributed by atoms with Crippen molar-refractivity contribution in [3.8, 4) is 0 Å². The molecule has 0 spiro atoms. The van der Waals surface area contributed by atoms with Gasteiger partial charge in [0, 0.05) is 26.0 Å². The maximum Gasteiger partial charge on any atom is 0.316 e. The van der Waals surface area contributed by atoms with Gasteiger partial charge in [0.15, 0.2) is 0 Å². The van der Waals surface area contributed by atoms with Gasteiger partial charge in [0.05, 0.1) is 13.0 Å². The van der Waals surface area contributed by atoms with Crippen LogP contribution in [0.4, 0.5) is 0 Å². The molecule has 6 nitrogen and oxygen atoms in total. The van der Waals surface area contributed by atoms with Crippen LogP contribution < -0.4 is 11.1 Å². The van der Waals surface area contributed by atoms with Gasteiger partial charge < -0.3 is 13.9 Å². The molecule has 0 radical (unpaired) electrons. The van der Waals surface area contributed by atoms with E-state index in [9.17, 15) is 14.4 Å². The van der Waals surface area contributed by atoms with E-state index < -0.39 is 11.1 Å². The van der Waals surface area contributed by atoms with Gasteiger partial charge in [-0.2, -0.15) is 0 Å². The van der Waals surface area contributed by atoms with Gasteiger partial charge in [0.2, 0.25) is 0 Å². The molecule has 16 heavy (non-hydrogen) atoms. The number of rotatable bonds is 4. The minimum atomic E-state index is -0.630. The zero-order valence-corrected chi connectivity index (χ0v) is 9.30. The highest BCUT2D eigenvalue weighted by Gasteiger charge is 2.05. The van der Waals surface area contributed by atoms with Crippen LogP contribution in [0.15, 0.2) is 22.0 Å². The molecule has 88 valence electrons. The van der Waals surface area contributed by atoms with Crippen LogP contribution in [0.5, 0.6) is 0 Å². The second-order valence-electron chi connectivity index (χ2n) is 3.27. The second kappa shape index (κ2) is 5.29. The largest absolute Gasteiger partial charge is 0.466 e. The maximum absolute atomic E-state index is 11.4. The minimum absolute atomic E-state index is 0.0842. The Bertz CT molecular complexity index is 486. The van der Waals surface area contributed by atoms with Crippen LogP contribution in [-0.4, -0.2) is 21.7 Å². The lowest BCUT2D eigenvalue weighted by Crippen LogP contribution is -2.39. The van der Waals surface area contributed by atoms with Gasteiger partial charge in [0.1, 0.15) is 0 Å². The van der Waals surface area contributed by atoms with Crippen molar-refractivity contribution >= 4 is 5.97 Å². The second-order valence-corrected chi connectivity index (χ2v) is 3.27. The van der Waals surface area contributed by atoms with Crippen LogP contribution in [-0.2, 0) is 23.1 Å². The Kier molecular flexibility index (Phi) is 4.04. The summed E-state index contributed by atoms with van der Waals surface area (Å²) in [5.41, 5.74) is -1.24. The van der Waals surface area contributed by atoms with E-state index in [0.29, 0.717) is 6.61 Å². The zero-order chi connectivity index (χ0) is 12.1. The molecule has 0 amide bonds. The maximum atomic E-state index is 11.4. The van der Waals surface area contributed by atoms with Crippen LogP contribution in [0, 0.1) is 0 Å². The van der Waals surface area contributed by atoms with Crippen LogP contribution in [0.1, 0.15) is 13.3 Å². The Morgan fingerprint density at radius 2 is 2.00 bits per heavy atom. The number of carbonyl (C=O) groups is 1. The van der Waals surface area contributed by atoms with Crippen molar-refractivity contribution in [1.82, 2.24) is 9.13 Å². The monoisotopic (exact) mass is 226 g/mol. The third-order valence-electron chi connectivity index (χ3n) is 2.10. The molecule has 0 N–H and O–H groups in total. The van der Waals surface area contributed by atoms with Crippen molar-refractivity contribution in [2.75, 3.05) is 6.61 Å². The molecule has 0 saturated heterocycles. The van der Waals surface area contributed by atoms with Crippen LogP contribution in [0.3, 0.4) is 0 Å². The molecule has 0 unspecified atom stereocenters. The van der Waals surface area contributed by atoms with Crippen molar-refractivity contribution in [2.45, 2.75) is 19.9 Å². The quantitative estimate of drug-likeness (QED) is 0.512. The Morgan fingerprint density at radius 3 is 2.62 bits per heavy atom. The minimum Gasteiger partial charge on any atom is -0.466 e. The summed E-state index contributed by atoms with van der Waals surface area (Å²) in [5, 5.41) is 0. The number of esters is 1. The van der Waals surface area contributed by atoms with Gasteiger partial charge >= 0.3 is 17.1 Å². The van der Waals surface area contributed by atoms with Gasteiger partial charge in [-0.15, -0.1) is 0 Å². The molecular formula is C10H14N2O4. The van der Waals surface area contributed by atoms with Crippen LogP contribution in [0.25, 0.3) is 0 Å². The predicted octanol–water partition coefficient (Wildman–Crippen LogP) is -0.500. The smallest absolute Gasteiger partial charge is 0.316 e. The fourth-order valence-electron chi connectivity index (χ4n) is 1.21. The van der Waals surface area contributed by atoms with E-state index in [0.717, 1.165) is 0 Å². The van der Waals surface area contributed by atoms with E-state index in [4.69, 9.17) is 4.74 Å².